The van der Waals surface area contributed by atoms with Crippen LogP contribution in [0.1, 0.15) is 11.5 Å². The predicted octanol–water partition coefficient (Wildman–Crippen LogP) is 0.142. The van der Waals surface area contributed by atoms with Crippen molar-refractivity contribution in [1.82, 2.24) is 28.6 Å². The Kier molecular flexibility index (Phi) is 5.49. The van der Waals surface area contributed by atoms with Crippen molar-refractivity contribution in [2.24, 2.45) is 17.9 Å². The molecule has 0 aromatic carbocycles. The first-order valence-electron chi connectivity index (χ1n) is 11.8. The van der Waals surface area contributed by atoms with Gasteiger partial charge in [0.05, 0.1) is 25.3 Å². The second-order valence-corrected chi connectivity index (χ2v) is 8.84. The van der Waals surface area contributed by atoms with Crippen molar-refractivity contribution in [1.29, 1.82) is 0 Å². The fourth-order valence-corrected chi connectivity index (χ4v) is 4.84. The smallest absolute Gasteiger partial charge is 0.345 e. The molecule has 0 radical (unpaired) electrons. The molecule has 0 unspecified atom stereocenters. The number of aromatic nitrogens is 5. The van der Waals surface area contributed by atoms with E-state index in [1.807, 2.05) is 24.4 Å². The Morgan fingerprint density at radius 1 is 1.14 bits per heavy atom. The molecule has 0 amide bonds. The first kappa shape index (κ1) is 22.4. The molecule has 0 atom stereocenters. The van der Waals surface area contributed by atoms with Gasteiger partial charge in [-0.1, -0.05) is 0 Å². The number of aryl methyl sites for hydroxylation is 1. The molecule has 13 heteroatoms. The van der Waals surface area contributed by atoms with Gasteiger partial charge in [0.2, 0.25) is 11.7 Å². The molecule has 36 heavy (non-hydrogen) atoms. The first-order valence-corrected chi connectivity index (χ1v) is 11.8. The van der Waals surface area contributed by atoms with E-state index in [2.05, 4.69) is 19.8 Å². The Morgan fingerprint density at radius 2 is 1.97 bits per heavy atom. The summed E-state index contributed by atoms with van der Waals surface area (Å²) in [5.74, 6) is 8.51. The molecule has 6 rings (SSSR count). The van der Waals surface area contributed by atoms with Crippen LogP contribution in [0.15, 0.2) is 50.9 Å². The molecule has 2 aliphatic rings. The highest BCUT2D eigenvalue weighted by molar-refractivity contribution is 6.14. The van der Waals surface area contributed by atoms with E-state index in [0.717, 1.165) is 38.4 Å². The summed E-state index contributed by atoms with van der Waals surface area (Å²) in [5, 5.41) is 1.48. The summed E-state index contributed by atoms with van der Waals surface area (Å²) >= 11 is 0. The Morgan fingerprint density at radius 3 is 2.67 bits per heavy atom. The molecule has 0 saturated carbocycles. The number of piperazine rings is 1. The average Bonchev–Trinajstić information content (AvgIpc) is 3.63. The van der Waals surface area contributed by atoms with E-state index in [-0.39, 0.29) is 12.4 Å². The van der Waals surface area contributed by atoms with Gasteiger partial charge < -0.3 is 14.1 Å². The van der Waals surface area contributed by atoms with Gasteiger partial charge in [-0.25, -0.2) is 24.8 Å². The lowest BCUT2D eigenvalue weighted by Crippen LogP contribution is -2.47. The molecule has 0 aliphatic carbocycles. The van der Waals surface area contributed by atoms with Gasteiger partial charge >= 0.3 is 5.69 Å². The van der Waals surface area contributed by atoms with Crippen molar-refractivity contribution < 1.29 is 9.15 Å². The van der Waals surface area contributed by atoms with E-state index in [1.165, 1.54) is 5.01 Å². The zero-order valence-electron chi connectivity index (χ0n) is 20.2. The van der Waals surface area contributed by atoms with Crippen molar-refractivity contribution in [3.8, 4) is 5.88 Å². The minimum absolute atomic E-state index is 0.142. The van der Waals surface area contributed by atoms with Crippen LogP contribution in [0.2, 0.25) is 0 Å². The number of rotatable bonds is 6. The summed E-state index contributed by atoms with van der Waals surface area (Å²) in [6.07, 6.45) is 3.44. The Hall–Kier alpha value is -4.10. The van der Waals surface area contributed by atoms with Gasteiger partial charge in [0.15, 0.2) is 11.6 Å². The van der Waals surface area contributed by atoms with Crippen LogP contribution >= 0.6 is 0 Å². The van der Waals surface area contributed by atoms with Gasteiger partial charge in [0.25, 0.3) is 0 Å². The monoisotopic (exact) mass is 492 g/mol. The maximum Gasteiger partial charge on any atom is 0.345 e. The van der Waals surface area contributed by atoms with Gasteiger partial charge in [-0.3, -0.25) is 19.5 Å². The molecular formula is C23H28N10O3. The maximum absolute atomic E-state index is 13.2. The number of ether oxygens (including phenoxy) is 1. The summed E-state index contributed by atoms with van der Waals surface area (Å²) in [6, 6.07) is 7.55. The topological polar surface area (TPSA) is 128 Å². The number of hydrogen-bond acceptors (Lipinski definition) is 10. The van der Waals surface area contributed by atoms with E-state index in [1.54, 1.807) is 40.3 Å². The number of hydrogen-bond donors (Lipinski definition) is 1. The van der Waals surface area contributed by atoms with Crippen molar-refractivity contribution >= 4 is 23.0 Å². The number of imidazole rings is 1. The van der Waals surface area contributed by atoms with Crippen molar-refractivity contribution in [2.45, 2.75) is 6.54 Å². The molecule has 1 saturated heterocycles. The van der Waals surface area contributed by atoms with Crippen LogP contribution in [0.5, 0.6) is 5.88 Å². The van der Waals surface area contributed by atoms with Gasteiger partial charge in [-0.2, -0.15) is 4.98 Å². The van der Waals surface area contributed by atoms with E-state index in [4.69, 9.17) is 20.0 Å². The lowest BCUT2D eigenvalue weighted by atomic mass is 10.2. The second-order valence-electron chi connectivity index (χ2n) is 8.84. The van der Waals surface area contributed by atoms with Crippen LogP contribution in [-0.2, 0) is 13.6 Å². The fourth-order valence-electron chi connectivity index (χ4n) is 4.84. The van der Waals surface area contributed by atoms with E-state index in [0.29, 0.717) is 41.2 Å². The lowest BCUT2D eigenvalue weighted by Gasteiger charge is -2.35. The fraction of sp³-hybridized carbons (Fsp3) is 0.391. The molecule has 4 aromatic heterocycles. The zero-order valence-corrected chi connectivity index (χ0v) is 20.2. The molecular weight excluding hydrogens is 464 g/mol. The number of aliphatic imine (C=N–C) groups is 1. The number of fused-ring (bicyclic) bond motifs is 3. The van der Waals surface area contributed by atoms with Crippen molar-refractivity contribution in [3.63, 3.8) is 0 Å². The van der Waals surface area contributed by atoms with Gasteiger partial charge in [0, 0.05) is 52.4 Å². The molecule has 6 heterocycles. The minimum atomic E-state index is -0.142. The highest BCUT2D eigenvalue weighted by atomic mass is 16.5. The van der Waals surface area contributed by atoms with Crippen LogP contribution in [0, 0.1) is 0 Å². The third-order valence-electron chi connectivity index (χ3n) is 6.81. The summed E-state index contributed by atoms with van der Waals surface area (Å²) in [6.45, 7) is 5.05. The number of anilines is 2. The van der Waals surface area contributed by atoms with Gasteiger partial charge in [-0.15, -0.1) is 0 Å². The number of nitrogens with zero attached hydrogens (tertiary/aromatic N) is 9. The highest BCUT2D eigenvalue weighted by Crippen LogP contribution is 2.27. The SMILES string of the molecule is COc1ccc(N2CCN(CCn3c(=O)n(C)n4c5c(nc34)N(N)CN=C5c3ccco3)CC2)cn1. The standard InChI is InChI=1S/C23H28N10O3/c1-28-23(34)31(12-9-29-7-10-30(11-8-29)16-5-6-18(35-2)25-14-16)22-27-21-20(33(22)28)19(26-15-32(21)24)17-4-3-13-36-17/h3-6,13-14H,7-12,15,24H2,1-2H3. The molecule has 0 bridgehead atoms. The number of nitrogens with two attached hydrogens (primary N) is 1. The molecule has 4 aromatic rings. The zero-order chi connectivity index (χ0) is 24.8. The predicted molar refractivity (Wildman–Crippen MR) is 134 cm³/mol. The first-order chi connectivity index (χ1) is 17.5. The number of furan rings is 1. The molecule has 1 fully saturated rings. The molecule has 2 aliphatic heterocycles. The van der Waals surface area contributed by atoms with Gasteiger partial charge in [-0.05, 0) is 18.2 Å². The normalized spacial score (nSPS) is 16.5. The maximum atomic E-state index is 13.2. The summed E-state index contributed by atoms with van der Waals surface area (Å²) in [7, 11) is 3.34. The van der Waals surface area contributed by atoms with Crippen LogP contribution in [0.25, 0.3) is 5.78 Å². The molecule has 188 valence electrons. The third-order valence-corrected chi connectivity index (χ3v) is 6.81. The second kappa shape index (κ2) is 8.84. The Balaban J connectivity index is 1.21. The number of methoxy groups -OCH3 is 1. The van der Waals surface area contributed by atoms with Crippen molar-refractivity contribution in [3.05, 3.63) is 58.7 Å². The number of hydrazine groups is 1. The van der Waals surface area contributed by atoms with Crippen LogP contribution < -0.4 is 26.2 Å². The Labute approximate surface area is 206 Å². The number of pyridine rings is 1. The molecule has 2 N–H and O–H groups in total. The lowest BCUT2D eigenvalue weighted by molar-refractivity contribution is 0.248. The molecule has 0 spiro atoms. The van der Waals surface area contributed by atoms with Gasteiger partial charge in [0.1, 0.15) is 18.1 Å². The largest absolute Gasteiger partial charge is 0.481 e. The summed E-state index contributed by atoms with van der Waals surface area (Å²) < 4.78 is 15.8. The van der Waals surface area contributed by atoms with E-state index >= 15 is 0 Å². The molecule has 13 nitrogen and oxygen atoms in total. The minimum Gasteiger partial charge on any atom is -0.481 e. The third kappa shape index (κ3) is 3.63. The van der Waals surface area contributed by atoms with Crippen molar-refractivity contribution in [2.75, 3.05) is 56.4 Å². The van der Waals surface area contributed by atoms with Crippen LogP contribution in [0.3, 0.4) is 0 Å². The quantitative estimate of drug-likeness (QED) is 0.374. The van der Waals surface area contributed by atoms with Crippen LogP contribution in [-0.4, -0.2) is 80.8 Å². The van der Waals surface area contributed by atoms with E-state index in [9.17, 15) is 4.79 Å². The van der Waals surface area contributed by atoms with E-state index < -0.39 is 0 Å². The summed E-state index contributed by atoms with van der Waals surface area (Å²) in [5.41, 5.74) is 2.21. The van der Waals surface area contributed by atoms with Crippen LogP contribution in [0.4, 0.5) is 11.5 Å². The average molecular weight is 493 g/mol. The highest BCUT2D eigenvalue weighted by Gasteiger charge is 2.31. The summed E-state index contributed by atoms with van der Waals surface area (Å²) in [4.78, 5) is 31.5. The Bertz CT molecular complexity index is 1460.